The van der Waals surface area contributed by atoms with Gasteiger partial charge in [-0.15, -0.1) is 0 Å². The van der Waals surface area contributed by atoms with E-state index in [1.807, 2.05) is 89.6 Å². The summed E-state index contributed by atoms with van der Waals surface area (Å²) in [5.74, 6) is -0.740. The molecule has 0 saturated carbocycles. The molecule has 0 fully saturated rings. The molecule has 3 aromatic carbocycles. The van der Waals surface area contributed by atoms with Gasteiger partial charge in [0.15, 0.2) is 5.78 Å². The summed E-state index contributed by atoms with van der Waals surface area (Å²) in [4.78, 5) is 30.8. The van der Waals surface area contributed by atoms with Gasteiger partial charge < -0.3 is 9.30 Å². The highest BCUT2D eigenvalue weighted by Gasteiger charge is 2.43. The zero-order valence-electron chi connectivity index (χ0n) is 19.3. The third kappa shape index (κ3) is 5.49. The largest absolute Gasteiger partial charge is 0.469 e. The van der Waals surface area contributed by atoms with Crippen LogP contribution in [0, 0.1) is 0 Å². The number of hydrogen-bond donors (Lipinski definition) is 0. The second-order valence-corrected chi connectivity index (χ2v) is 8.50. The summed E-state index contributed by atoms with van der Waals surface area (Å²) in [5, 5.41) is 0. The molecule has 0 aliphatic heterocycles. The number of ketones is 1. The van der Waals surface area contributed by atoms with Crippen molar-refractivity contribution in [2.45, 2.75) is 31.2 Å². The van der Waals surface area contributed by atoms with E-state index in [4.69, 9.17) is 9.72 Å². The lowest BCUT2D eigenvalue weighted by molar-refractivity contribution is -0.144. The van der Waals surface area contributed by atoms with Crippen molar-refractivity contribution >= 4 is 11.8 Å². The molecule has 34 heavy (non-hydrogen) atoms. The van der Waals surface area contributed by atoms with Gasteiger partial charge >= 0.3 is 5.97 Å². The van der Waals surface area contributed by atoms with Crippen molar-refractivity contribution in [3.8, 4) is 0 Å². The molecule has 0 spiro atoms. The highest BCUT2D eigenvalue weighted by atomic mass is 16.5. The van der Waals surface area contributed by atoms with Crippen LogP contribution in [0.3, 0.4) is 0 Å². The Bertz CT molecular complexity index is 1180. The lowest BCUT2D eigenvalue weighted by Crippen LogP contribution is -2.42. The fourth-order valence-electron chi connectivity index (χ4n) is 4.33. The summed E-state index contributed by atoms with van der Waals surface area (Å²) in [7, 11) is 1.31. The number of Topliss-reactive ketones (excluding diaryl/α,β-unsaturated/α-hetero) is 1. The second kappa shape index (κ2) is 10.8. The number of esters is 1. The maximum absolute atomic E-state index is 13.9. The molecular weight excluding hydrogens is 424 g/mol. The van der Waals surface area contributed by atoms with E-state index >= 15 is 0 Å². The van der Waals surface area contributed by atoms with E-state index in [1.54, 1.807) is 6.33 Å². The standard InChI is InChI=1S/C29H28N2O3/c1-34-28(33)17-27(32)29(18-23-11-5-2-6-12-23,19-24-13-7-3-8-14-24)26-21-31(22-30-26)20-25-15-9-4-10-16-25/h2-16,21-22H,17-20H2,1H3. The van der Waals surface area contributed by atoms with Crippen LogP contribution in [0.15, 0.2) is 104 Å². The summed E-state index contributed by atoms with van der Waals surface area (Å²) in [6.45, 7) is 0.645. The van der Waals surface area contributed by atoms with Crippen LogP contribution in [0.5, 0.6) is 0 Å². The van der Waals surface area contributed by atoms with Crippen LogP contribution in [0.1, 0.15) is 28.8 Å². The van der Waals surface area contributed by atoms with E-state index < -0.39 is 11.4 Å². The van der Waals surface area contributed by atoms with Crippen LogP contribution in [0.4, 0.5) is 0 Å². The molecule has 0 aliphatic rings. The van der Waals surface area contributed by atoms with Crippen LogP contribution < -0.4 is 0 Å². The average molecular weight is 453 g/mol. The predicted octanol–water partition coefficient (Wildman–Crippen LogP) is 4.79. The molecule has 0 unspecified atom stereocenters. The normalized spacial score (nSPS) is 11.2. The number of carbonyl (C=O) groups is 2. The highest BCUT2D eigenvalue weighted by Crippen LogP contribution is 2.34. The zero-order valence-corrected chi connectivity index (χ0v) is 19.3. The summed E-state index contributed by atoms with van der Waals surface area (Å²) < 4.78 is 6.84. The van der Waals surface area contributed by atoms with Gasteiger partial charge in [0.1, 0.15) is 6.42 Å². The number of aromatic nitrogens is 2. The molecule has 5 heteroatoms. The van der Waals surface area contributed by atoms with Gasteiger partial charge in [0, 0.05) is 12.7 Å². The van der Waals surface area contributed by atoms with Crippen molar-refractivity contribution in [1.29, 1.82) is 0 Å². The molecule has 5 nitrogen and oxygen atoms in total. The van der Waals surface area contributed by atoms with E-state index in [0.717, 1.165) is 16.7 Å². The smallest absolute Gasteiger partial charge is 0.313 e. The molecule has 0 aliphatic carbocycles. The third-order valence-electron chi connectivity index (χ3n) is 6.10. The van der Waals surface area contributed by atoms with E-state index in [1.165, 1.54) is 7.11 Å². The Morgan fingerprint density at radius 2 is 1.29 bits per heavy atom. The monoisotopic (exact) mass is 452 g/mol. The molecule has 0 amide bonds. The van der Waals surface area contributed by atoms with Crippen LogP contribution in [-0.2, 0) is 39.1 Å². The quantitative estimate of drug-likeness (QED) is 0.256. The Morgan fingerprint density at radius 1 is 0.794 bits per heavy atom. The topological polar surface area (TPSA) is 61.2 Å². The molecule has 0 radical (unpaired) electrons. The van der Waals surface area contributed by atoms with Crippen LogP contribution in [0.2, 0.25) is 0 Å². The van der Waals surface area contributed by atoms with E-state index in [-0.39, 0.29) is 12.2 Å². The zero-order chi connectivity index (χ0) is 23.8. The van der Waals surface area contributed by atoms with Crippen LogP contribution >= 0.6 is 0 Å². The van der Waals surface area contributed by atoms with Gasteiger partial charge in [0.2, 0.25) is 0 Å². The lowest BCUT2D eigenvalue weighted by Gasteiger charge is -2.31. The summed E-state index contributed by atoms with van der Waals surface area (Å²) >= 11 is 0. The Hall–Kier alpha value is -3.99. The molecular formula is C29H28N2O3. The van der Waals surface area contributed by atoms with Gasteiger partial charge in [-0.1, -0.05) is 91.0 Å². The minimum absolute atomic E-state index is 0.197. The Balaban J connectivity index is 1.79. The van der Waals surface area contributed by atoms with Crippen LogP contribution in [0.25, 0.3) is 0 Å². The van der Waals surface area contributed by atoms with E-state index in [2.05, 4.69) is 12.1 Å². The molecule has 0 saturated heterocycles. The minimum atomic E-state index is -1.02. The molecule has 4 aromatic rings. The van der Waals surface area contributed by atoms with Gasteiger partial charge in [-0.25, -0.2) is 4.98 Å². The van der Waals surface area contributed by atoms with Gasteiger partial charge in [0.25, 0.3) is 0 Å². The first kappa shape index (κ1) is 23.2. The van der Waals surface area contributed by atoms with Crippen molar-refractivity contribution in [1.82, 2.24) is 9.55 Å². The number of benzene rings is 3. The number of rotatable bonds is 10. The molecule has 1 aromatic heterocycles. The van der Waals surface area contributed by atoms with E-state index in [9.17, 15) is 9.59 Å². The summed E-state index contributed by atoms with van der Waals surface area (Å²) in [6, 6.07) is 29.9. The highest BCUT2D eigenvalue weighted by molar-refractivity contribution is 6.01. The Kier molecular flexibility index (Phi) is 7.33. The second-order valence-electron chi connectivity index (χ2n) is 8.50. The third-order valence-corrected chi connectivity index (χ3v) is 6.10. The lowest BCUT2D eigenvalue weighted by atomic mass is 9.70. The Morgan fingerprint density at radius 3 is 1.79 bits per heavy atom. The van der Waals surface area contributed by atoms with Crippen LogP contribution in [-0.4, -0.2) is 28.4 Å². The predicted molar refractivity (Wildman–Crippen MR) is 131 cm³/mol. The number of ether oxygens (including phenoxy) is 1. The number of hydrogen-bond acceptors (Lipinski definition) is 4. The number of carbonyl (C=O) groups excluding carboxylic acids is 2. The maximum atomic E-state index is 13.9. The maximum Gasteiger partial charge on any atom is 0.313 e. The van der Waals surface area contributed by atoms with Crippen molar-refractivity contribution in [3.05, 3.63) is 126 Å². The fourth-order valence-corrected chi connectivity index (χ4v) is 4.33. The average Bonchev–Trinajstić information content (AvgIpc) is 3.34. The van der Waals surface area contributed by atoms with Gasteiger partial charge in [-0.3, -0.25) is 9.59 Å². The van der Waals surface area contributed by atoms with Crippen molar-refractivity contribution in [2.24, 2.45) is 0 Å². The summed E-state index contributed by atoms with van der Waals surface area (Å²) in [5.41, 5.74) is 2.80. The SMILES string of the molecule is COC(=O)CC(=O)C(Cc1ccccc1)(Cc1ccccc1)c1cn(Cc2ccccc2)cn1. The van der Waals surface area contributed by atoms with Gasteiger partial charge in [-0.2, -0.15) is 0 Å². The molecule has 1 heterocycles. The van der Waals surface area contributed by atoms with Crippen molar-refractivity contribution in [2.75, 3.05) is 7.11 Å². The van der Waals surface area contributed by atoms with E-state index in [0.29, 0.717) is 25.1 Å². The minimum Gasteiger partial charge on any atom is -0.469 e. The first-order valence-corrected chi connectivity index (χ1v) is 11.3. The first-order chi connectivity index (χ1) is 16.6. The number of nitrogens with zero attached hydrogens (tertiary/aromatic N) is 2. The number of imidazole rings is 1. The van der Waals surface area contributed by atoms with Gasteiger partial charge in [0.05, 0.1) is 24.5 Å². The van der Waals surface area contributed by atoms with Gasteiger partial charge in [-0.05, 0) is 29.5 Å². The molecule has 4 rings (SSSR count). The van der Waals surface area contributed by atoms with Crippen molar-refractivity contribution in [3.63, 3.8) is 0 Å². The summed E-state index contributed by atoms with van der Waals surface area (Å²) in [6.07, 6.45) is 4.26. The molecule has 0 bridgehead atoms. The Labute approximate surface area is 200 Å². The van der Waals surface area contributed by atoms with Crippen molar-refractivity contribution < 1.29 is 14.3 Å². The first-order valence-electron chi connectivity index (χ1n) is 11.3. The molecule has 172 valence electrons. The molecule has 0 N–H and O–H groups in total. The molecule has 0 atom stereocenters. The fraction of sp³-hybridized carbons (Fsp3) is 0.207. The number of methoxy groups -OCH3 is 1.